The fourth-order valence-corrected chi connectivity index (χ4v) is 4.00. The van der Waals surface area contributed by atoms with Crippen LogP contribution in [0.25, 0.3) is 0 Å². The van der Waals surface area contributed by atoms with Gasteiger partial charge in [0.05, 0.1) is 11.4 Å². The Labute approximate surface area is 134 Å². The van der Waals surface area contributed by atoms with Crippen molar-refractivity contribution in [2.75, 3.05) is 18.0 Å². The topological polar surface area (TPSA) is 75.4 Å². The quantitative estimate of drug-likeness (QED) is 0.823. The molecule has 1 aliphatic rings. The lowest BCUT2D eigenvalue weighted by molar-refractivity contribution is 0.581. The van der Waals surface area contributed by atoms with E-state index < -0.39 is 10.2 Å². The van der Waals surface area contributed by atoms with Gasteiger partial charge in [0.2, 0.25) is 0 Å². The molecule has 1 aliphatic heterocycles. The first-order chi connectivity index (χ1) is 10.5. The van der Waals surface area contributed by atoms with Crippen molar-refractivity contribution < 1.29 is 8.42 Å². The zero-order valence-electron chi connectivity index (χ0n) is 11.9. The lowest BCUT2D eigenvalue weighted by atomic mass is 10.2. The van der Waals surface area contributed by atoms with Gasteiger partial charge in [0.1, 0.15) is 0 Å². The van der Waals surface area contributed by atoms with E-state index in [2.05, 4.69) is 33.9 Å². The van der Waals surface area contributed by atoms with Crippen molar-refractivity contribution in [3.63, 3.8) is 0 Å². The second-order valence-electron chi connectivity index (χ2n) is 4.98. The Kier molecular flexibility index (Phi) is 4.39. The normalized spacial score (nSPS) is 13.6. The van der Waals surface area contributed by atoms with Crippen molar-refractivity contribution in [3.05, 3.63) is 48.5 Å². The number of para-hydroxylation sites is 2. The summed E-state index contributed by atoms with van der Waals surface area (Å²) in [5, 5.41) is 4.95. The second-order valence-corrected chi connectivity index (χ2v) is 7.44. The number of rotatable bonds is 5. The van der Waals surface area contributed by atoms with E-state index in [1.807, 2.05) is 24.3 Å². The Bertz CT molecular complexity index is 732. The molecule has 3 rings (SSSR count). The van der Waals surface area contributed by atoms with Gasteiger partial charge in [-0.1, -0.05) is 36.0 Å². The summed E-state index contributed by atoms with van der Waals surface area (Å²) in [4.78, 5) is 4.65. The summed E-state index contributed by atoms with van der Waals surface area (Å²) in [5.74, 6) is 0. The van der Waals surface area contributed by atoms with Gasteiger partial charge in [-0.2, -0.15) is 8.42 Å². The molecule has 0 fully saturated rings. The number of nitrogens with two attached hydrogens (primary N) is 1. The van der Waals surface area contributed by atoms with Crippen LogP contribution in [0.15, 0.2) is 58.3 Å². The van der Waals surface area contributed by atoms with Gasteiger partial charge in [-0.15, -0.1) is 0 Å². The van der Waals surface area contributed by atoms with Crippen LogP contribution in [0.3, 0.4) is 0 Å². The lowest BCUT2D eigenvalue weighted by Gasteiger charge is -2.32. The maximum absolute atomic E-state index is 10.9. The molecule has 0 spiro atoms. The second kappa shape index (κ2) is 6.29. The van der Waals surface area contributed by atoms with E-state index in [0.717, 1.165) is 17.9 Å². The van der Waals surface area contributed by atoms with Crippen molar-refractivity contribution in [3.8, 4) is 0 Å². The minimum Gasteiger partial charge on any atom is -0.340 e. The van der Waals surface area contributed by atoms with Gasteiger partial charge in [-0.25, -0.2) is 9.86 Å². The average molecular weight is 335 g/mol. The molecule has 2 aromatic rings. The molecule has 0 saturated heterocycles. The predicted molar refractivity (Wildman–Crippen MR) is 89.7 cm³/mol. The Morgan fingerprint density at radius 3 is 2.09 bits per heavy atom. The highest BCUT2D eigenvalue weighted by molar-refractivity contribution is 7.99. The van der Waals surface area contributed by atoms with Gasteiger partial charge in [-0.3, -0.25) is 0 Å². The SMILES string of the molecule is NS(=O)(=O)NCCCN1c2ccccc2Sc2ccccc21. The molecule has 1 heterocycles. The predicted octanol–water partition coefficient (Wildman–Crippen LogP) is 2.47. The number of anilines is 2. The maximum atomic E-state index is 10.9. The molecule has 0 unspecified atom stereocenters. The van der Waals surface area contributed by atoms with Gasteiger partial charge >= 0.3 is 0 Å². The Morgan fingerprint density at radius 1 is 1.00 bits per heavy atom. The van der Waals surface area contributed by atoms with Crippen LogP contribution in [0.2, 0.25) is 0 Å². The van der Waals surface area contributed by atoms with E-state index in [1.165, 1.54) is 9.79 Å². The number of nitrogens with zero attached hydrogens (tertiary/aromatic N) is 1. The zero-order valence-corrected chi connectivity index (χ0v) is 13.5. The van der Waals surface area contributed by atoms with Crippen LogP contribution in [0.5, 0.6) is 0 Å². The van der Waals surface area contributed by atoms with Crippen LogP contribution in [0.4, 0.5) is 11.4 Å². The third-order valence-electron chi connectivity index (χ3n) is 3.39. The first kappa shape index (κ1) is 15.4. The van der Waals surface area contributed by atoms with Crippen molar-refractivity contribution in [2.24, 2.45) is 5.14 Å². The van der Waals surface area contributed by atoms with Crippen LogP contribution in [0, 0.1) is 0 Å². The van der Waals surface area contributed by atoms with Gasteiger partial charge in [0, 0.05) is 22.9 Å². The lowest BCUT2D eigenvalue weighted by Crippen LogP contribution is -2.33. The van der Waals surface area contributed by atoms with E-state index in [-0.39, 0.29) is 0 Å². The Balaban J connectivity index is 1.81. The fraction of sp³-hybridized carbons (Fsp3) is 0.200. The van der Waals surface area contributed by atoms with E-state index in [0.29, 0.717) is 13.0 Å². The highest BCUT2D eigenvalue weighted by Gasteiger charge is 2.22. The minimum atomic E-state index is -3.62. The molecule has 0 aromatic heterocycles. The third kappa shape index (κ3) is 3.44. The molecule has 22 heavy (non-hydrogen) atoms. The van der Waals surface area contributed by atoms with Crippen LogP contribution in [-0.2, 0) is 10.2 Å². The van der Waals surface area contributed by atoms with Crippen LogP contribution >= 0.6 is 11.8 Å². The van der Waals surface area contributed by atoms with Gasteiger partial charge in [0.25, 0.3) is 10.2 Å². The van der Waals surface area contributed by atoms with Crippen LogP contribution in [-0.4, -0.2) is 21.5 Å². The van der Waals surface area contributed by atoms with Crippen molar-refractivity contribution in [1.29, 1.82) is 0 Å². The summed E-state index contributed by atoms with van der Waals surface area (Å²) in [6.45, 7) is 1.05. The number of fused-ring (bicyclic) bond motifs is 2. The summed E-state index contributed by atoms with van der Waals surface area (Å²) in [6.07, 6.45) is 0.670. The molecule has 0 aliphatic carbocycles. The molecule has 0 radical (unpaired) electrons. The molecule has 0 atom stereocenters. The first-order valence-corrected chi connectivity index (χ1v) is 9.32. The molecule has 3 N–H and O–H groups in total. The highest BCUT2D eigenvalue weighted by Crippen LogP contribution is 2.47. The summed E-state index contributed by atoms with van der Waals surface area (Å²) >= 11 is 1.76. The summed E-state index contributed by atoms with van der Waals surface area (Å²) < 4.78 is 24.2. The molecule has 7 heteroatoms. The maximum Gasteiger partial charge on any atom is 0.274 e. The summed E-state index contributed by atoms with van der Waals surface area (Å²) in [5.41, 5.74) is 2.31. The number of benzene rings is 2. The molecular formula is C15H17N3O2S2. The average Bonchev–Trinajstić information content (AvgIpc) is 2.49. The standard InChI is InChI=1S/C15H17N3O2S2/c16-22(19,20)17-10-5-11-18-12-6-1-3-8-14(12)21-15-9-4-2-7-13(15)18/h1-4,6-9,17H,5,10-11H2,(H2,16,19,20). The van der Waals surface area contributed by atoms with Gasteiger partial charge in [-0.05, 0) is 30.7 Å². The van der Waals surface area contributed by atoms with Crippen LogP contribution in [0.1, 0.15) is 6.42 Å². The molecule has 5 nitrogen and oxygen atoms in total. The van der Waals surface area contributed by atoms with Gasteiger partial charge in [0.15, 0.2) is 0 Å². The molecule has 116 valence electrons. The molecule has 0 amide bonds. The molecule has 0 saturated carbocycles. The molecule has 2 aromatic carbocycles. The highest BCUT2D eigenvalue weighted by atomic mass is 32.2. The smallest absolute Gasteiger partial charge is 0.274 e. The molecule has 0 bridgehead atoms. The molecular weight excluding hydrogens is 318 g/mol. The minimum absolute atomic E-state index is 0.326. The summed E-state index contributed by atoms with van der Waals surface area (Å²) in [6, 6.07) is 16.5. The summed E-state index contributed by atoms with van der Waals surface area (Å²) in [7, 11) is -3.62. The van der Waals surface area contributed by atoms with Crippen molar-refractivity contribution >= 4 is 33.3 Å². The third-order valence-corrected chi connectivity index (χ3v) is 5.13. The number of nitrogens with one attached hydrogen (secondary N) is 1. The van der Waals surface area contributed by atoms with E-state index in [4.69, 9.17) is 5.14 Å². The first-order valence-electron chi connectivity index (χ1n) is 6.95. The van der Waals surface area contributed by atoms with Crippen molar-refractivity contribution in [2.45, 2.75) is 16.2 Å². The fourth-order valence-electron chi connectivity index (χ4n) is 2.47. The zero-order chi connectivity index (χ0) is 15.6. The van der Waals surface area contributed by atoms with Crippen molar-refractivity contribution in [1.82, 2.24) is 4.72 Å². The van der Waals surface area contributed by atoms with Crippen LogP contribution < -0.4 is 14.8 Å². The van der Waals surface area contributed by atoms with E-state index >= 15 is 0 Å². The Morgan fingerprint density at radius 2 is 1.55 bits per heavy atom. The van der Waals surface area contributed by atoms with E-state index in [9.17, 15) is 8.42 Å². The number of hydrogen-bond donors (Lipinski definition) is 2. The largest absolute Gasteiger partial charge is 0.340 e. The van der Waals surface area contributed by atoms with E-state index in [1.54, 1.807) is 11.8 Å². The Hall–Kier alpha value is -1.54. The van der Waals surface area contributed by atoms with Gasteiger partial charge < -0.3 is 4.90 Å². The monoisotopic (exact) mass is 335 g/mol. The number of hydrogen-bond acceptors (Lipinski definition) is 4.